The molecule has 3 nitrogen and oxygen atoms in total. The van der Waals surface area contributed by atoms with E-state index in [4.69, 9.17) is 0 Å². The number of hydrogen-bond donors (Lipinski definition) is 0. The number of rotatable bonds is 3. The number of fused-ring (bicyclic) bond motifs is 1. The van der Waals surface area contributed by atoms with Crippen LogP contribution in [0, 0.1) is 13.8 Å². The van der Waals surface area contributed by atoms with E-state index in [1.165, 1.54) is 4.57 Å². The third-order valence-corrected chi connectivity index (χ3v) is 4.51. The van der Waals surface area contributed by atoms with Gasteiger partial charge in [0.1, 0.15) is 0 Å². The molecule has 0 bridgehead atoms. The highest BCUT2D eigenvalue weighted by atomic mass is 32.1. The number of Topliss-reactive ketones (excluding diaryl/α,β-unsaturated/α-hetero) is 1. The van der Waals surface area contributed by atoms with Gasteiger partial charge in [-0.05, 0) is 37.4 Å². The van der Waals surface area contributed by atoms with Crippen molar-refractivity contribution in [2.45, 2.75) is 20.4 Å². The van der Waals surface area contributed by atoms with Crippen LogP contribution in [0.15, 0.2) is 47.4 Å². The van der Waals surface area contributed by atoms with Crippen LogP contribution in [0.2, 0.25) is 0 Å². The predicted octanol–water partition coefficient (Wildman–Crippen LogP) is 3.56. The lowest BCUT2D eigenvalue weighted by Crippen LogP contribution is -2.23. The molecule has 106 valence electrons. The Morgan fingerprint density at radius 2 is 1.95 bits per heavy atom. The minimum Gasteiger partial charge on any atom is -0.307 e. The van der Waals surface area contributed by atoms with Gasteiger partial charge in [-0.3, -0.25) is 9.59 Å². The maximum atomic E-state index is 12.4. The Morgan fingerprint density at radius 3 is 2.67 bits per heavy atom. The second kappa shape index (κ2) is 5.30. The van der Waals surface area contributed by atoms with Gasteiger partial charge >= 0.3 is 0 Å². The highest BCUT2D eigenvalue weighted by Crippen LogP contribution is 2.21. The molecule has 0 atom stereocenters. The molecule has 0 saturated heterocycles. The van der Waals surface area contributed by atoms with Gasteiger partial charge in [-0.1, -0.05) is 18.2 Å². The summed E-state index contributed by atoms with van der Waals surface area (Å²) in [6.07, 6.45) is 1.69. The number of ketones is 1. The van der Waals surface area contributed by atoms with Crippen molar-refractivity contribution in [2.75, 3.05) is 0 Å². The number of pyridine rings is 1. The third-order valence-electron chi connectivity index (χ3n) is 3.54. The molecule has 0 aliphatic heterocycles. The molecule has 0 aliphatic carbocycles. The first-order valence-corrected chi connectivity index (χ1v) is 7.56. The van der Waals surface area contributed by atoms with Crippen molar-refractivity contribution in [2.24, 2.45) is 0 Å². The minimum atomic E-state index is -0.119. The van der Waals surface area contributed by atoms with E-state index < -0.39 is 0 Å². The Balaban J connectivity index is 1.99. The van der Waals surface area contributed by atoms with E-state index in [0.717, 1.165) is 20.7 Å². The number of aromatic nitrogens is 1. The normalized spacial score (nSPS) is 11.0. The maximum absolute atomic E-state index is 12.4. The van der Waals surface area contributed by atoms with E-state index in [1.54, 1.807) is 23.6 Å². The SMILES string of the molecule is Cc1cc(C(=O)Cn2ccc3ccccc3c2=O)c(C)s1. The van der Waals surface area contributed by atoms with Crippen LogP contribution in [-0.4, -0.2) is 10.4 Å². The highest BCUT2D eigenvalue weighted by molar-refractivity contribution is 7.12. The van der Waals surface area contributed by atoms with Crippen molar-refractivity contribution >= 4 is 27.9 Å². The van der Waals surface area contributed by atoms with Crippen molar-refractivity contribution in [3.05, 3.63) is 68.3 Å². The van der Waals surface area contributed by atoms with E-state index in [9.17, 15) is 9.59 Å². The quantitative estimate of drug-likeness (QED) is 0.693. The summed E-state index contributed by atoms with van der Waals surface area (Å²) in [7, 11) is 0. The summed E-state index contributed by atoms with van der Waals surface area (Å²) in [6, 6.07) is 11.2. The Bertz CT molecular complexity index is 889. The van der Waals surface area contributed by atoms with E-state index in [1.807, 2.05) is 44.2 Å². The second-order valence-corrected chi connectivity index (χ2v) is 6.55. The van der Waals surface area contributed by atoms with E-state index in [2.05, 4.69) is 0 Å². The van der Waals surface area contributed by atoms with Crippen LogP contribution < -0.4 is 5.56 Å². The van der Waals surface area contributed by atoms with Gasteiger partial charge in [-0.15, -0.1) is 11.3 Å². The second-order valence-electron chi connectivity index (χ2n) is 5.09. The topological polar surface area (TPSA) is 39.1 Å². The fourth-order valence-electron chi connectivity index (χ4n) is 2.50. The van der Waals surface area contributed by atoms with Crippen LogP contribution in [0.3, 0.4) is 0 Å². The summed E-state index contributed by atoms with van der Waals surface area (Å²) in [5.74, 6) is -0.0192. The highest BCUT2D eigenvalue weighted by Gasteiger charge is 2.13. The number of thiophene rings is 1. The number of carbonyl (C=O) groups excluding carboxylic acids is 1. The van der Waals surface area contributed by atoms with E-state index in [0.29, 0.717) is 5.39 Å². The average molecular weight is 297 g/mol. The third kappa shape index (κ3) is 2.54. The summed E-state index contributed by atoms with van der Waals surface area (Å²) in [5.41, 5.74) is 0.601. The first-order chi connectivity index (χ1) is 10.1. The molecular weight excluding hydrogens is 282 g/mol. The lowest BCUT2D eigenvalue weighted by molar-refractivity contribution is 0.0971. The molecular formula is C17H15NO2S. The number of hydrogen-bond acceptors (Lipinski definition) is 3. The van der Waals surface area contributed by atoms with Crippen LogP contribution >= 0.6 is 11.3 Å². The van der Waals surface area contributed by atoms with Crippen LogP contribution in [0.4, 0.5) is 0 Å². The summed E-state index contributed by atoms with van der Waals surface area (Å²) in [6.45, 7) is 4.01. The zero-order chi connectivity index (χ0) is 15.0. The molecule has 0 saturated carbocycles. The molecule has 0 N–H and O–H groups in total. The predicted molar refractivity (Wildman–Crippen MR) is 86.3 cm³/mol. The minimum absolute atomic E-state index is 0.0192. The van der Waals surface area contributed by atoms with Gasteiger partial charge in [0.15, 0.2) is 5.78 Å². The van der Waals surface area contributed by atoms with Crippen LogP contribution in [0.5, 0.6) is 0 Å². The number of benzene rings is 1. The first kappa shape index (κ1) is 13.8. The van der Waals surface area contributed by atoms with Crippen molar-refractivity contribution in [1.29, 1.82) is 0 Å². The van der Waals surface area contributed by atoms with Crippen molar-refractivity contribution in [3.63, 3.8) is 0 Å². The molecule has 3 rings (SSSR count). The van der Waals surface area contributed by atoms with Crippen molar-refractivity contribution in [3.8, 4) is 0 Å². The Labute approximate surface area is 126 Å². The van der Waals surface area contributed by atoms with Gasteiger partial charge < -0.3 is 4.57 Å². The smallest absolute Gasteiger partial charge is 0.258 e. The van der Waals surface area contributed by atoms with E-state index in [-0.39, 0.29) is 17.9 Å². The molecule has 0 aliphatic rings. The van der Waals surface area contributed by atoms with Gasteiger partial charge in [-0.2, -0.15) is 0 Å². The molecule has 0 fully saturated rings. The fourth-order valence-corrected chi connectivity index (χ4v) is 3.44. The lowest BCUT2D eigenvalue weighted by atomic mass is 10.1. The van der Waals surface area contributed by atoms with E-state index >= 15 is 0 Å². The monoisotopic (exact) mass is 297 g/mol. The molecule has 0 radical (unpaired) electrons. The summed E-state index contributed by atoms with van der Waals surface area (Å²) >= 11 is 1.61. The van der Waals surface area contributed by atoms with Crippen LogP contribution in [-0.2, 0) is 6.54 Å². The lowest BCUT2D eigenvalue weighted by Gasteiger charge is -2.06. The Morgan fingerprint density at radius 1 is 1.19 bits per heavy atom. The summed E-state index contributed by atoms with van der Waals surface area (Å²) in [5, 5.41) is 1.54. The molecule has 2 aromatic heterocycles. The molecule has 1 aromatic carbocycles. The van der Waals surface area contributed by atoms with Crippen LogP contribution in [0.25, 0.3) is 10.8 Å². The van der Waals surface area contributed by atoms with Crippen molar-refractivity contribution < 1.29 is 4.79 Å². The van der Waals surface area contributed by atoms with Gasteiger partial charge in [0.05, 0.1) is 6.54 Å². The molecule has 0 amide bonds. The molecule has 3 aromatic rings. The summed E-state index contributed by atoms with van der Waals surface area (Å²) in [4.78, 5) is 26.9. The zero-order valence-electron chi connectivity index (χ0n) is 11.9. The van der Waals surface area contributed by atoms with Gasteiger partial charge in [-0.25, -0.2) is 0 Å². The molecule has 2 heterocycles. The van der Waals surface area contributed by atoms with Gasteiger partial charge in [0, 0.05) is 26.9 Å². The molecule has 0 unspecified atom stereocenters. The van der Waals surface area contributed by atoms with Crippen LogP contribution in [0.1, 0.15) is 20.1 Å². The van der Waals surface area contributed by atoms with Gasteiger partial charge in [0.2, 0.25) is 0 Å². The maximum Gasteiger partial charge on any atom is 0.258 e. The Hall–Kier alpha value is -2.20. The molecule has 21 heavy (non-hydrogen) atoms. The zero-order valence-corrected chi connectivity index (χ0v) is 12.7. The van der Waals surface area contributed by atoms with Gasteiger partial charge in [0.25, 0.3) is 5.56 Å². The number of carbonyl (C=O) groups is 1. The first-order valence-electron chi connectivity index (χ1n) is 6.74. The Kier molecular flexibility index (Phi) is 3.47. The van der Waals surface area contributed by atoms with Crippen molar-refractivity contribution in [1.82, 2.24) is 4.57 Å². The molecule has 4 heteroatoms. The fraction of sp³-hybridized carbons (Fsp3) is 0.176. The number of aryl methyl sites for hydroxylation is 2. The molecule has 0 spiro atoms. The summed E-state index contributed by atoms with van der Waals surface area (Å²) < 4.78 is 1.48. The largest absolute Gasteiger partial charge is 0.307 e. The standard InChI is InChI=1S/C17H15NO2S/c1-11-9-15(12(2)21-11)16(19)10-18-8-7-13-5-3-4-6-14(13)17(18)20/h3-9H,10H2,1-2H3. The average Bonchev–Trinajstić information content (AvgIpc) is 2.81. The number of nitrogens with zero attached hydrogens (tertiary/aromatic N) is 1.